The molecule has 0 aliphatic carbocycles. The molecular weight excluding hydrogens is 1180 g/mol. The summed E-state index contributed by atoms with van der Waals surface area (Å²) in [5, 5.41) is 38.5. The van der Waals surface area contributed by atoms with Crippen molar-refractivity contribution in [1.82, 2.24) is 20.2 Å². The number of nitrogens with two attached hydrogens (primary N) is 5. The van der Waals surface area contributed by atoms with Crippen molar-refractivity contribution in [1.29, 1.82) is 0 Å². The molecule has 2 saturated heterocycles. The number of fused-ring (bicyclic) bond motifs is 7. The number of hydrogen-bond donors (Lipinski definition) is 11. The first-order chi connectivity index (χ1) is 41.8. The Morgan fingerprint density at radius 2 is 1.44 bits per heavy atom. The normalized spacial score (nSPS) is 32.8. The van der Waals surface area contributed by atoms with Crippen LogP contribution in [0.3, 0.4) is 0 Å². The molecule has 6 amide bonds. The monoisotopic (exact) mass is 1270 g/mol. The SMILES string of the molecule is CC1=C2N=C(C=C3N/C(=C(/C)C4=N[C@@](C)(C5N=C1[C@](C)(CCC(=O)NC[C@@H](C)OP(=O)(O)O[C@H]1[C@@H](O)[C@@H](n6cnc7cc(C)c(C)cc76)O[C@@H]1CO)[C@H]5CC(N)=O)[C@@](C)(CC(N)=O)[C@@H]4CCC(=O)O)[C@@](C)(CC(N)=O)[C@@H]3CCC(N)=O)C(C)(C)[C@@H]2CCC(N)=O. The summed E-state index contributed by atoms with van der Waals surface area (Å²) in [5.74, 6) is -7.91. The molecule has 15 atom stereocenters. The quantitative estimate of drug-likeness (QED) is 0.0597. The summed E-state index contributed by atoms with van der Waals surface area (Å²) in [6.07, 6.45) is -4.81. The lowest BCUT2D eigenvalue weighted by Gasteiger charge is -2.48. The highest BCUT2D eigenvalue weighted by molar-refractivity contribution is 7.47. The van der Waals surface area contributed by atoms with Crippen LogP contribution in [0.2, 0.25) is 0 Å². The highest BCUT2D eigenvalue weighted by atomic mass is 31.2. The van der Waals surface area contributed by atoms with Crippen molar-refractivity contribution in [3.05, 3.63) is 63.9 Å². The van der Waals surface area contributed by atoms with Crippen LogP contribution in [0.5, 0.6) is 0 Å². The summed E-state index contributed by atoms with van der Waals surface area (Å²) >= 11 is 0. The van der Waals surface area contributed by atoms with E-state index in [-0.39, 0.29) is 77.2 Å². The molecule has 0 spiro atoms. The second-order valence-corrected chi connectivity index (χ2v) is 28.4. The van der Waals surface area contributed by atoms with E-state index in [0.29, 0.717) is 56.4 Å². The maximum absolute atomic E-state index is 14.4. The van der Waals surface area contributed by atoms with Crippen molar-refractivity contribution in [2.24, 2.45) is 89.0 Å². The number of carboxylic acids is 1. The van der Waals surface area contributed by atoms with Gasteiger partial charge in [0.1, 0.15) is 18.3 Å². The zero-order valence-electron chi connectivity index (χ0n) is 53.1. The van der Waals surface area contributed by atoms with Gasteiger partial charge < -0.3 is 68.8 Å². The number of phosphoric ester groups is 1. The van der Waals surface area contributed by atoms with E-state index in [9.17, 15) is 58.3 Å². The molecule has 28 heteroatoms. The molecule has 27 nitrogen and oxygen atoms in total. The maximum atomic E-state index is 14.4. The lowest BCUT2D eigenvalue weighted by atomic mass is 9.55. The number of nitrogens with zero attached hydrogens (tertiary/aromatic N) is 5. The van der Waals surface area contributed by atoms with Gasteiger partial charge in [-0.1, -0.05) is 34.6 Å². The number of nitrogens with one attached hydrogen (secondary N) is 2. The summed E-state index contributed by atoms with van der Waals surface area (Å²) in [5.41, 5.74) is 31.0. The molecule has 8 rings (SSSR count). The Kier molecular flexibility index (Phi) is 19.6. The number of aromatic nitrogens is 2. The van der Waals surface area contributed by atoms with Crippen LogP contribution in [-0.2, 0) is 51.9 Å². The minimum Gasteiger partial charge on any atom is -0.481 e. The highest BCUT2D eigenvalue weighted by Crippen LogP contribution is 2.63. The van der Waals surface area contributed by atoms with Crippen molar-refractivity contribution < 1.29 is 72.1 Å². The first-order valence-electron chi connectivity index (χ1n) is 30.5. The molecular formula is C62H89N12O15P. The third-order valence-electron chi connectivity index (χ3n) is 20.6. The third kappa shape index (κ3) is 13.0. The van der Waals surface area contributed by atoms with Crippen LogP contribution in [-0.4, -0.2) is 137 Å². The van der Waals surface area contributed by atoms with Crippen molar-refractivity contribution in [3.8, 4) is 0 Å². The fourth-order valence-corrected chi connectivity index (χ4v) is 16.6. The van der Waals surface area contributed by atoms with Gasteiger partial charge in [0, 0.05) is 131 Å². The molecule has 0 saturated carbocycles. The number of aliphatic imine (C=N–C) groups is 3. The molecule has 2 fully saturated rings. The minimum absolute atomic E-state index is 0.0279. The number of aliphatic hydroxyl groups is 2. The number of amides is 6. The summed E-state index contributed by atoms with van der Waals surface area (Å²) in [6, 6.07) is 2.66. The van der Waals surface area contributed by atoms with Gasteiger partial charge in [0.15, 0.2) is 6.23 Å². The molecule has 7 heterocycles. The fraction of sp³-hybridized carbons (Fsp3) is 0.629. The Hall–Kier alpha value is -7.00. The van der Waals surface area contributed by atoms with E-state index >= 15 is 0 Å². The number of ether oxygens (including phenoxy) is 1. The average molecular weight is 1270 g/mol. The fourth-order valence-electron chi connectivity index (χ4n) is 15.4. The van der Waals surface area contributed by atoms with Gasteiger partial charge in [-0.2, -0.15) is 0 Å². The molecule has 2 unspecified atom stereocenters. The van der Waals surface area contributed by atoms with E-state index in [1.54, 1.807) is 25.3 Å². The summed E-state index contributed by atoms with van der Waals surface area (Å²) in [7, 11) is -5.07. The number of benzene rings is 1. The molecule has 6 aliphatic heterocycles. The number of aryl methyl sites for hydroxylation is 2. The Balaban J connectivity index is 1.19. The van der Waals surface area contributed by atoms with Crippen LogP contribution in [0.15, 0.2) is 67.8 Å². The predicted molar refractivity (Wildman–Crippen MR) is 332 cm³/mol. The van der Waals surface area contributed by atoms with Crippen LogP contribution in [0.4, 0.5) is 0 Å². The van der Waals surface area contributed by atoms with Crippen LogP contribution in [0, 0.1) is 59.2 Å². The van der Waals surface area contributed by atoms with Gasteiger partial charge in [-0.05, 0) is 108 Å². The first kappa shape index (κ1) is 68.9. The number of carbonyl (C=O) groups excluding carboxylic acids is 6. The molecule has 16 N–H and O–H groups in total. The number of hydrogen-bond acceptors (Lipinski definition) is 18. The largest absolute Gasteiger partial charge is 0.481 e. The smallest absolute Gasteiger partial charge is 0.472 e. The standard InChI is InChI=1S/C62H89N12O15P/c1-29-20-39-40(21-30(29)2)74(28-69-39)57-52(84)53(41(27-75)87-57)89-90(85,86)88-31(3)26-68-48(81)18-19-59(8)37(22-45(65)78)56-62(11)61(10,25-47(67)80)36(14-17-49(82)83)51(73-62)33(5)55-60(9,24-46(66)79)34(12-15-43(63)76)38(70-55)23-42-58(6,7)35(13-16-44(64)77)50(71-42)32(4)54(59)72-56/h20-21,23,28,31,34-37,41,52-53,56-57,70,75,84H,12-19,22,24-27H2,1-11H3,(H2,63,76)(H2,64,77)(H2,65,78)(H2,66,79)(H2,67,80)(H,68,81)(H,82,83)(H,85,86)/b38-23?,50-32?,55-33-/t31-,34-,35-,36-,37+,41-,52-,53-,56?,57+,59-,60+,61+,62+/m1/s1. The third-order valence-corrected chi connectivity index (χ3v) is 21.7. The van der Waals surface area contributed by atoms with Crippen molar-refractivity contribution in [2.75, 3.05) is 13.2 Å². The molecule has 8 bridgehead atoms. The Labute approximate surface area is 522 Å². The second kappa shape index (κ2) is 25.6. The zero-order chi connectivity index (χ0) is 66.7. The van der Waals surface area contributed by atoms with Gasteiger partial charge in [0.05, 0.1) is 41.7 Å². The Morgan fingerprint density at radius 3 is 2.04 bits per heavy atom. The predicted octanol–water partition coefficient (Wildman–Crippen LogP) is 3.76. The minimum atomic E-state index is -5.07. The number of aliphatic hydroxyl groups excluding tert-OH is 2. The van der Waals surface area contributed by atoms with E-state index < -0.39 is 143 Å². The number of carboxylic acid groups (broad SMARTS) is 1. The molecule has 492 valence electrons. The Morgan fingerprint density at radius 1 is 0.822 bits per heavy atom. The van der Waals surface area contributed by atoms with E-state index in [1.807, 2.05) is 66.7 Å². The topological polar surface area (TPSA) is 454 Å². The highest BCUT2D eigenvalue weighted by Gasteiger charge is 2.66. The van der Waals surface area contributed by atoms with Crippen LogP contribution in [0.25, 0.3) is 11.0 Å². The average Bonchev–Trinajstić information content (AvgIpc) is 1.53. The summed E-state index contributed by atoms with van der Waals surface area (Å²) in [6.45, 7) is 19.1. The van der Waals surface area contributed by atoms with E-state index in [4.69, 9.17) is 57.4 Å². The molecule has 0 radical (unpaired) electrons. The lowest BCUT2D eigenvalue weighted by Crippen LogP contribution is -2.56. The van der Waals surface area contributed by atoms with Gasteiger partial charge >= 0.3 is 13.8 Å². The van der Waals surface area contributed by atoms with Gasteiger partial charge in [0.25, 0.3) is 0 Å². The van der Waals surface area contributed by atoms with Gasteiger partial charge in [-0.3, -0.25) is 57.6 Å². The molecule has 6 aliphatic rings. The molecule has 2 aromatic rings. The van der Waals surface area contributed by atoms with Gasteiger partial charge in [-0.15, -0.1) is 0 Å². The van der Waals surface area contributed by atoms with E-state index in [0.717, 1.165) is 11.1 Å². The maximum Gasteiger partial charge on any atom is 0.472 e. The van der Waals surface area contributed by atoms with Gasteiger partial charge in [0.2, 0.25) is 35.4 Å². The lowest BCUT2D eigenvalue weighted by molar-refractivity contribution is -0.137. The zero-order valence-corrected chi connectivity index (χ0v) is 54.0. The number of rotatable bonds is 26. The second-order valence-electron chi connectivity index (χ2n) is 27.0. The van der Waals surface area contributed by atoms with Crippen LogP contribution in [0.1, 0.15) is 150 Å². The molecule has 1 aromatic carbocycles. The molecule has 1 aromatic heterocycles. The first-order valence-corrected chi connectivity index (χ1v) is 32.0. The number of primary amides is 5. The number of phosphoric acid groups is 1. The van der Waals surface area contributed by atoms with Crippen LogP contribution < -0.4 is 39.3 Å². The van der Waals surface area contributed by atoms with Crippen molar-refractivity contribution in [3.63, 3.8) is 0 Å². The van der Waals surface area contributed by atoms with Crippen LogP contribution >= 0.6 is 7.82 Å². The van der Waals surface area contributed by atoms with Crippen molar-refractivity contribution >= 4 is 77.4 Å². The number of allylic oxidation sites excluding steroid dienone is 6. The number of imidazole rings is 1. The summed E-state index contributed by atoms with van der Waals surface area (Å²) in [4.78, 5) is 125. The van der Waals surface area contributed by atoms with E-state index in [1.165, 1.54) is 13.3 Å². The van der Waals surface area contributed by atoms with Gasteiger partial charge in [-0.25, -0.2) is 9.55 Å². The van der Waals surface area contributed by atoms with E-state index in [2.05, 4.69) is 15.6 Å². The Bertz CT molecular complexity index is 3540. The summed E-state index contributed by atoms with van der Waals surface area (Å²) < 4.78 is 32.2. The van der Waals surface area contributed by atoms with Crippen molar-refractivity contribution in [2.45, 2.75) is 189 Å². The number of carbonyl (C=O) groups is 7. The number of aliphatic carboxylic acids is 1. The molecule has 90 heavy (non-hydrogen) atoms.